The highest BCUT2D eigenvalue weighted by molar-refractivity contribution is 9.11. The maximum Gasteiger partial charge on any atom is 0.101 e. The molecule has 0 fully saturated rings. The fourth-order valence-electron chi connectivity index (χ4n) is 0.445. The van der Waals surface area contributed by atoms with E-state index < -0.39 is 0 Å². The van der Waals surface area contributed by atoms with Gasteiger partial charge in [0.1, 0.15) is 4.61 Å². The summed E-state index contributed by atoms with van der Waals surface area (Å²) >= 11 is 3.33. The van der Waals surface area contributed by atoms with Crippen molar-refractivity contribution in [3.8, 4) is 0 Å². The van der Waals surface area contributed by atoms with E-state index in [1.807, 2.05) is 30.5 Å². The first kappa shape index (κ1) is 5.69. The minimum absolute atomic E-state index is 1.04. The van der Waals surface area contributed by atoms with E-state index in [9.17, 15) is 0 Å². The Bertz CT molecular complexity index is 139. The molecular formula is C5H7BrN2. The molecule has 0 saturated carbocycles. The molecule has 0 amide bonds. The molecule has 0 unspecified atom stereocenters. The molecule has 8 heavy (non-hydrogen) atoms. The summed E-state index contributed by atoms with van der Waals surface area (Å²) in [5, 5.41) is 2.93. The summed E-state index contributed by atoms with van der Waals surface area (Å²) in [6.07, 6.45) is 5.68. The van der Waals surface area contributed by atoms with Gasteiger partial charge in [0, 0.05) is 25.6 Å². The molecule has 2 nitrogen and oxygen atoms in total. The van der Waals surface area contributed by atoms with E-state index in [0.29, 0.717) is 0 Å². The zero-order chi connectivity index (χ0) is 5.98. The molecule has 1 aliphatic heterocycles. The average molecular weight is 175 g/mol. The molecule has 1 rings (SSSR count). The quantitative estimate of drug-likeness (QED) is 0.556. The largest absolute Gasteiger partial charge is 0.364 e. The van der Waals surface area contributed by atoms with Crippen LogP contribution in [0.2, 0.25) is 0 Å². The van der Waals surface area contributed by atoms with E-state index in [4.69, 9.17) is 0 Å². The molecule has 0 bridgehead atoms. The Morgan fingerprint density at radius 2 is 2.50 bits per heavy atom. The van der Waals surface area contributed by atoms with E-state index in [0.717, 1.165) is 4.61 Å². The highest BCUT2D eigenvalue weighted by Gasteiger charge is 1.96. The Kier molecular flexibility index (Phi) is 1.58. The van der Waals surface area contributed by atoms with Gasteiger partial charge < -0.3 is 10.2 Å². The maximum absolute atomic E-state index is 3.33. The van der Waals surface area contributed by atoms with Gasteiger partial charge in [0.15, 0.2) is 0 Å². The summed E-state index contributed by atoms with van der Waals surface area (Å²) in [6, 6.07) is 0. The second-order valence-corrected chi connectivity index (χ2v) is 2.37. The number of nitrogens with zero attached hydrogens (tertiary/aromatic N) is 1. The zero-order valence-electron chi connectivity index (χ0n) is 4.56. The van der Waals surface area contributed by atoms with Crippen LogP contribution in [-0.4, -0.2) is 11.9 Å². The number of hydrogen-bond acceptors (Lipinski definition) is 2. The van der Waals surface area contributed by atoms with Gasteiger partial charge in [0.2, 0.25) is 0 Å². The number of halogens is 1. The van der Waals surface area contributed by atoms with Gasteiger partial charge >= 0.3 is 0 Å². The highest BCUT2D eigenvalue weighted by atomic mass is 79.9. The first-order valence-corrected chi connectivity index (χ1v) is 3.11. The van der Waals surface area contributed by atoms with Crippen LogP contribution in [0.15, 0.2) is 23.2 Å². The summed E-state index contributed by atoms with van der Waals surface area (Å²) < 4.78 is 1.04. The van der Waals surface area contributed by atoms with Crippen LogP contribution in [0.25, 0.3) is 0 Å². The molecule has 1 aliphatic rings. The van der Waals surface area contributed by atoms with Gasteiger partial charge in [-0.15, -0.1) is 0 Å². The van der Waals surface area contributed by atoms with Crippen molar-refractivity contribution in [3.05, 3.63) is 23.2 Å². The summed E-state index contributed by atoms with van der Waals surface area (Å²) in [5.41, 5.74) is 0. The predicted octanol–water partition coefficient (Wildman–Crippen LogP) is 1.19. The lowest BCUT2D eigenvalue weighted by Gasteiger charge is -2.15. The van der Waals surface area contributed by atoms with E-state index in [1.165, 1.54) is 0 Å². The van der Waals surface area contributed by atoms with Crippen molar-refractivity contribution in [2.75, 3.05) is 7.05 Å². The van der Waals surface area contributed by atoms with Crippen LogP contribution >= 0.6 is 15.9 Å². The Hall–Kier alpha value is -0.440. The first-order valence-electron chi connectivity index (χ1n) is 2.32. The van der Waals surface area contributed by atoms with Gasteiger partial charge in [-0.2, -0.15) is 0 Å². The van der Waals surface area contributed by atoms with Crippen LogP contribution in [0.5, 0.6) is 0 Å². The SMILES string of the molecule is CN1C=CNC=C1Br. The summed E-state index contributed by atoms with van der Waals surface area (Å²) in [7, 11) is 1.97. The molecular weight excluding hydrogens is 168 g/mol. The minimum Gasteiger partial charge on any atom is -0.364 e. The van der Waals surface area contributed by atoms with Crippen molar-refractivity contribution >= 4 is 15.9 Å². The molecule has 1 heterocycles. The molecule has 44 valence electrons. The van der Waals surface area contributed by atoms with Crippen molar-refractivity contribution in [3.63, 3.8) is 0 Å². The third-order valence-electron chi connectivity index (χ3n) is 0.934. The topological polar surface area (TPSA) is 15.3 Å². The monoisotopic (exact) mass is 174 g/mol. The number of rotatable bonds is 0. The van der Waals surface area contributed by atoms with Crippen molar-refractivity contribution in [2.24, 2.45) is 0 Å². The average Bonchev–Trinajstić information content (AvgIpc) is 1.77. The predicted molar refractivity (Wildman–Crippen MR) is 37.0 cm³/mol. The fraction of sp³-hybridized carbons (Fsp3) is 0.200. The van der Waals surface area contributed by atoms with Crippen molar-refractivity contribution in [2.45, 2.75) is 0 Å². The Labute approximate surface area is 57.0 Å². The second kappa shape index (κ2) is 2.22. The van der Waals surface area contributed by atoms with Crippen LogP contribution < -0.4 is 5.32 Å². The van der Waals surface area contributed by atoms with Gasteiger partial charge in [0.05, 0.1) is 0 Å². The highest BCUT2D eigenvalue weighted by Crippen LogP contribution is 2.10. The van der Waals surface area contributed by atoms with Crippen molar-refractivity contribution < 1.29 is 0 Å². The van der Waals surface area contributed by atoms with Crippen molar-refractivity contribution in [1.82, 2.24) is 10.2 Å². The molecule has 0 radical (unpaired) electrons. The van der Waals surface area contributed by atoms with Gasteiger partial charge in [0.25, 0.3) is 0 Å². The molecule has 0 aliphatic carbocycles. The summed E-state index contributed by atoms with van der Waals surface area (Å²) in [6.45, 7) is 0. The fourth-order valence-corrected chi connectivity index (χ4v) is 0.695. The molecule has 0 atom stereocenters. The van der Waals surface area contributed by atoms with Crippen LogP contribution in [0.4, 0.5) is 0 Å². The van der Waals surface area contributed by atoms with Gasteiger partial charge in [-0.3, -0.25) is 0 Å². The molecule has 0 aromatic rings. The van der Waals surface area contributed by atoms with Crippen molar-refractivity contribution in [1.29, 1.82) is 0 Å². The molecule has 0 aromatic carbocycles. The van der Waals surface area contributed by atoms with E-state index >= 15 is 0 Å². The lowest BCUT2D eigenvalue weighted by Crippen LogP contribution is -2.13. The summed E-state index contributed by atoms with van der Waals surface area (Å²) in [5.74, 6) is 0. The Morgan fingerprint density at radius 3 is 2.88 bits per heavy atom. The van der Waals surface area contributed by atoms with Gasteiger partial charge in [-0.25, -0.2) is 0 Å². The number of nitrogens with one attached hydrogen (secondary N) is 1. The second-order valence-electron chi connectivity index (χ2n) is 1.56. The molecule has 0 spiro atoms. The van der Waals surface area contributed by atoms with Crippen LogP contribution in [0.3, 0.4) is 0 Å². The Balaban J connectivity index is 2.63. The van der Waals surface area contributed by atoms with E-state index in [2.05, 4.69) is 21.2 Å². The lowest BCUT2D eigenvalue weighted by molar-refractivity contribution is 0.594. The first-order chi connectivity index (χ1) is 3.80. The summed E-state index contributed by atoms with van der Waals surface area (Å²) in [4.78, 5) is 1.97. The lowest BCUT2D eigenvalue weighted by atomic mass is 10.6. The normalized spacial score (nSPS) is 17.8. The van der Waals surface area contributed by atoms with Crippen LogP contribution in [0.1, 0.15) is 0 Å². The molecule has 1 N–H and O–H groups in total. The third-order valence-corrected chi connectivity index (χ3v) is 1.72. The number of hydrogen-bond donors (Lipinski definition) is 1. The van der Waals surface area contributed by atoms with Gasteiger partial charge in [-0.1, -0.05) is 0 Å². The van der Waals surface area contributed by atoms with E-state index in [1.54, 1.807) is 0 Å². The third kappa shape index (κ3) is 1.04. The molecule has 0 aromatic heterocycles. The van der Waals surface area contributed by atoms with E-state index in [-0.39, 0.29) is 0 Å². The minimum atomic E-state index is 1.04. The van der Waals surface area contributed by atoms with Crippen LogP contribution in [0, 0.1) is 0 Å². The standard InChI is InChI=1S/C5H7BrN2/c1-8-3-2-7-4-5(8)6/h2-4,7H,1H3. The maximum atomic E-state index is 3.33. The molecule has 0 saturated heterocycles. The molecule has 3 heteroatoms. The van der Waals surface area contributed by atoms with Crippen LogP contribution in [-0.2, 0) is 0 Å². The Morgan fingerprint density at radius 1 is 1.75 bits per heavy atom. The van der Waals surface area contributed by atoms with Gasteiger partial charge in [-0.05, 0) is 15.9 Å². The smallest absolute Gasteiger partial charge is 0.101 e. The zero-order valence-corrected chi connectivity index (χ0v) is 6.14.